The van der Waals surface area contributed by atoms with Gasteiger partial charge in [-0.15, -0.1) is 0 Å². The van der Waals surface area contributed by atoms with E-state index >= 15 is 0 Å². The van der Waals surface area contributed by atoms with Gasteiger partial charge in [0.05, 0.1) is 6.61 Å². The molecule has 1 aliphatic carbocycles. The van der Waals surface area contributed by atoms with Gasteiger partial charge in [-0.2, -0.15) is 0 Å². The Labute approximate surface area is 194 Å². The van der Waals surface area contributed by atoms with Gasteiger partial charge in [-0.1, -0.05) is 30.0 Å². The van der Waals surface area contributed by atoms with E-state index in [1.807, 2.05) is 4.90 Å². The summed E-state index contributed by atoms with van der Waals surface area (Å²) in [6.07, 6.45) is 4.30. The molecule has 2 aliphatic heterocycles. The van der Waals surface area contributed by atoms with E-state index in [1.54, 1.807) is 12.1 Å². The van der Waals surface area contributed by atoms with Crippen LogP contribution in [0.3, 0.4) is 0 Å². The van der Waals surface area contributed by atoms with E-state index in [4.69, 9.17) is 0 Å². The second-order valence-corrected chi connectivity index (χ2v) is 9.34. The molecule has 2 aromatic rings. The van der Waals surface area contributed by atoms with Gasteiger partial charge in [0.2, 0.25) is 0 Å². The summed E-state index contributed by atoms with van der Waals surface area (Å²) in [5, 5.41) is 13.0. The Balaban J connectivity index is 1.32. The van der Waals surface area contributed by atoms with Gasteiger partial charge in [-0.25, -0.2) is 9.18 Å². The second-order valence-electron chi connectivity index (χ2n) is 9.34. The number of halogens is 1. The molecule has 0 bridgehead atoms. The highest BCUT2D eigenvalue weighted by Crippen LogP contribution is 2.42. The van der Waals surface area contributed by atoms with Crippen LogP contribution in [0.2, 0.25) is 0 Å². The molecule has 2 aromatic carbocycles. The van der Waals surface area contributed by atoms with Crippen molar-refractivity contribution >= 4 is 11.7 Å². The van der Waals surface area contributed by atoms with Gasteiger partial charge < -0.3 is 15.3 Å². The van der Waals surface area contributed by atoms with Gasteiger partial charge in [0, 0.05) is 48.3 Å². The number of hydrogen-bond acceptors (Lipinski definition) is 3. The number of nitrogens with one attached hydrogen (secondary N) is 1. The Morgan fingerprint density at radius 2 is 1.91 bits per heavy atom. The predicted octanol–water partition coefficient (Wildman–Crippen LogP) is 4.04. The van der Waals surface area contributed by atoms with Crippen LogP contribution in [-0.2, 0) is 0 Å². The number of rotatable bonds is 3. The summed E-state index contributed by atoms with van der Waals surface area (Å²) in [7, 11) is 0. The van der Waals surface area contributed by atoms with Crippen LogP contribution >= 0.6 is 0 Å². The summed E-state index contributed by atoms with van der Waals surface area (Å²) in [5.74, 6) is 6.91. The molecule has 5 rings (SSSR count). The monoisotopic (exact) mass is 447 g/mol. The molecule has 0 radical (unpaired) electrons. The number of amides is 2. The maximum atomic E-state index is 13.5. The Morgan fingerprint density at radius 1 is 1.12 bits per heavy atom. The Morgan fingerprint density at radius 3 is 2.64 bits per heavy atom. The molecule has 2 saturated heterocycles. The molecular formula is C27H30FN3O2. The highest BCUT2D eigenvalue weighted by atomic mass is 19.1. The largest absolute Gasteiger partial charge is 0.395 e. The minimum absolute atomic E-state index is 0.0598. The zero-order valence-electron chi connectivity index (χ0n) is 18.7. The topological polar surface area (TPSA) is 55.8 Å². The van der Waals surface area contributed by atoms with E-state index in [9.17, 15) is 14.3 Å². The third-order valence-electron chi connectivity index (χ3n) is 7.03. The molecule has 3 aliphatic rings. The second kappa shape index (κ2) is 9.54. The average Bonchev–Trinajstić information content (AvgIpc) is 3.62. The van der Waals surface area contributed by atoms with E-state index in [0.717, 1.165) is 24.9 Å². The van der Waals surface area contributed by atoms with E-state index in [-0.39, 0.29) is 36.5 Å². The van der Waals surface area contributed by atoms with Gasteiger partial charge in [-0.3, -0.25) is 4.90 Å². The van der Waals surface area contributed by atoms with Crippen molar-refractivity contribution in [2.24, 2.45) is 5.92 Å². The standard InChI is InChI=1S/C27H30FN3O2/c28-22-4-3-5-23(16-22)29-27(33)30-14-1-2-15-31-24(17-30)26(25(31)18-32)21-12-10-20(11-13-21)9-8-19-6-7-19/h3-5,10-13,16,19,24-26,32H,1-2,6-7,14-15,17-18H2,(H,29,33)/t24-,25-,26-/m1/s1. The number of aliphatic hydroxyl groups is 1. The Hall–Kier alpha value is -2.88. The van der Waals surface area contributed by atoms with Crippen molar-refractivity contribution < 1.29 is 14.3 Å². The smallest absolute Gasteiger partial charge is 0.321 e. The van der Waals surface area contributed by atoms with Crippen molar-refractivity contribution in [1.82, 2.24) is 9.80 Å². The normalized spacial score (nSPS) is 25.0. The highest BCUT2D eigenvalue weighted by molar-refractivity contribution is 5.89. The summed E-state index contributed by atoms with van der Waals surface area (Å²) < 4.78 is 13.5. The molecule has 2 heterocycles. The van der Waals surface area contributed by atoms with Crippen molar-refractivity contribution in [3.05, 3.63) is 65.5 Å². The summed E-state index contributed by atoms with van der Waals surface area (Å²) in [5.41, 5.74) is 2.66. The summed E-state index contributed by atoms with van der Waals surface area (Å²) in [6, 6.07) is 14.3. The molecule has 2 N–H and O–H groups in total. The lowest BCUT2D eigenvalue weighted by atomic mass is 9.74. The molecule has 172 valence electrons. The first-order valence-corrected chi connectivity index (χ1v) is 11.9. The minimum atomic E-state index is -0.373. The molecule has 33 heavy (non-hydrogen) atoms. The van der Waals surface area contributed by atoms with Gasteiger partial charge in [0.15, 0.2) is 0 Å². The number of hydrogen-bond donors (Lipinski definition) is 2. The first kappa shape index (κ1) is 21.9. The van der Waals surface area contributed by atoms with Crippen molar-refractivity contribution in [3.8, 4) is 11.8 Å². The van der Waals surface area contributed by atoms with Crippen LogP contribution in [0.4, 0.5) is 14.9 Å². The van der Waals surface area contributed by atoms with Crippen LogP contribution in [0.15, 0.2) is 48.5 Å². The molecule has 0 spiro atoms. The maximum absolute atomic E-state index is 13.5. The van der Waals surface area contributed by atoms with Crippen molar-refractivity contribution in [2.45, 2.75) is 43.7 Å². The first-order valence-electron chi connectivity index (χ1n) is 11.9. The SMILES string of the molecule is O=C(Nc1cccc(F)c1)N1CCCCN2[C@H](CO)[C@H](c3ccc(C#CC4CC4)cc3)[C@H]2C1. The predicted molar refractivity (Wildman–Crippen MR) is 126 cm³/mol. The molecule has 2 amide bonds. The molecule has 0 aromatic heterocycles. The Kier molecular flexibility index (Phi) is 6.34. The zero-order chi connectivity index (χ0) is 22.8. The molecule has 3 fully saturated rings. The number of carbonyl (C=O) groups is 1. The fraction of sp³-hybridized carbons (Fsp3) is 0.444. The third-order valence-corrected chi connectivity index (χ3v) is 7.03. The van der Waals surface area contributed by atoms with E-state index < -0.39 is 0 Å². The van der Waals surface area contributed by atoms with Crippen molar-refractivity contribution in [3.63, 3.8) is 0 Å². The Bertz CT molecular complexity index is 1060. The van der Waals surface area contributed by atoms with Crippen LogP contribution in [0.5, 0.6) is 0 Å². The molecular weight excluding hydrogens is 417 g/mol. The molecule has 5 nitrogen and oxygen atoms in total. The summed E-state index contributed by atoms with van der Waals surface area (Å²) in [4.78, 5) is 17.2. The summed E-state index contributed by atoms with van der Waals surface area (Å²) in [6.45, 7) is 2.26. The van der Waals surface area contributed by atoms with Gasteiger partial charge in [-0.05, 0) is 68.1 Å². The van der Waals surface area contributed by atoms with Gasteiger partial charge >= 0.3 is 6.03 Å². The number of fused-ring (bicyclic) bond motifs is 1. The number of anilines is 1. The number of carbonyl (C=O) groups excluding carboxylic acids is 1. The lowest BCUT2D eigenvalue weighted by molar-refractivity contribution is -0.0585. The molecule has 6 heteroatoms. The van der Waals surface area contributed by atoms with Crippen LogP contribution in [0.1, 0.15) is 42.7 Å². The zero-order valence-corrected chi connectivity index (χ0v) is 18.7. The number of nitrogens with zero attached hydrogens (tertiary/aromatic N) is 2. The number of aliphatic hydroxyl groups excluding tert-OH is 1. The fourth-order valence-electron chi connectivity index (χ4n) is 5.10. The molecule has 0 unspecified atom stereocenters. The van der Waals surface area contributed by atoms with E-state index in [2.05, 4.69) is 46.3 Å². The van der Waals surface area contributed by atoms with Gasteiger partial charge in [0.25, 0.3) is 0 Å². The fourth-order valence-corrected chi connectivity index (χ4v) is 5.10. The van der Waals surface area contributed by atoms with Crippen LogP contribution in [0.25, 0.3) is 0 Å². The molecule has 1 saturated carbocycles. The van der Waals surface area contributed by atoms with Gasteiger partial charge in [0.1, 0.15) is 5.82 Å². The average molecular weight is 448 g/mol. The van der Waals surface area contributed by atoms with Crippen molar-refractivity contribution in [1.29, 1.82) is 0 Å². The van der Waals surface area contributed by atoms with E-state index in [0.29, 0.717) is 24.7 Å². The first-order chi connectivity index (χ1) is 16.1. The maximum Gasteiger partial charge on any atom is 0.321 e. The lowest BCUT2D eigenvalue weighted by Crippen LogP contribution is -2.68. The summed E-state index contributed by atoms with van der Waals surface area (Å²) >= 11 is 0. The van der Waals surface area contributed by atoms with E-state index in [1.165, 1.54) is 30.5 Å². The van der Waals surface area contributed by atoms with Crippen LogP contribution in [-0.4, -0.2) is 59.3 Å². The molecule has 3 atom stereocenters. The lowest BCUT2D eigenvalue weighted by Gasteiger charge is -2.57. The quantitative estimate of drug-likeness (QED) is 0.699. The minimum Gasteiger partial charge on any atom is -0.395 e. The van der Waals surface area contributed by atoms with Crippen LogP contribution in [0, 0.1) is 23.6 Å². The number of benzene rings is 2. The third kappa shape index (κ3) is 4.90. The highest BCUT2D eigenvalue weighted by Gasteiger charge is 2.49. The van der Waals surface area contributed by atoms with Crippen LogP contribution < -0.4 is 5.32 Å². The van der Waals surface area contributed by atoms with Crippen molar-refractivity contribution in [2.75, 3.05) is 31.6 Å². The number of urea groups is 1.